The Morgan fingerprint density at radius 2 is 1.50 bits per heavy atom. The largest absolute Gasteiger partial charge is 0.399 e. The van der Waals surface area contributed by atoms with Gasteiger partial charge < -0.3 is 17.2 Å². The Bertz CT molecular complexity index is 574. The van der Waals surface area contributed by atoms with E-state index in [1.165, 1.54) is 0 Å². The van der Waals surface area contributed by atoms with Crippen LogP contribution in [0.2, 0.25) is 0 Å². The second kappa shape index (κ2) is 4.26. The fourth-order valence-corrected chi connectivity index (χ4v) is 2.23. The Balaban J connectivity index is 2.53. The highest BCUT2D eigenvalue weighted by Crippen LogP contribution is 2.36. The first-order chi connectivity index (χ1) is 8.41. The lowest BCUT2D eigenvalue weighted by atomic mass is 9.77. The molecule has 0 heterocycles. The molecule has 0 aliphatic carbocycles. The molecule has 6 N–H and O–H groups in total. The van der Waals surface area contributed by atoms with Gasteiger partial charge in [0.1, 0.15) is 0 Å². The van der Waals surface area contributed by atoms with Crippen LogP contribution in [-0.4, -0.2) is 0 Å². The second-order valence-corrected chi connectivity index (χ2v) is 5.10. The van der Waals surface area contributed by atoms with Crippen molar-refractivity contribution in [1.82, 2.24) is 0 Å². The van der Waals surface area contributed by atoms with Gasteiger partial charge in [0.25, 0.3) is 0 Å². The smallest absolute Gasteiger partial charge is 0.0376 e. The summed E-state index contributed by atoms with van der Waals surface area (Å²) in [7, 11) is 0. The minimum Gasteiger partial charge on any atom is -0.399 e. The van der Waals surface area contributed by atoms with E-state index in [2.05, 4.69) is 19.9 Å². The van der Waals surface area contributed by atoms with Crippen molar-refractivity contribution in [3.05, 3.63) is 53.6 Å². The lowest BCUT2D eigenvalue weighted by Crippen LogP contribution is -2.21. The molecule has 94 valence electrons. The Morgan fingerprint density at radius 1 is 0.833 bits per heavy atom. The molecule has 0 radical (unpaired) electrons. The molecular weight excluding hydrogens is 222 g/mol. The average Bonchev–Trinajstić information content (AvgIpc) is 2.28. The number of anilines is 3. The molecule has 0 aliphatic heterocycles. The van der Waals surface area contributed by atoms with Crippen LogP contribution in [0.5, 0.6) is 0 Å². The molecule has 18 heavy (non-hydrogen) atoms. The normalized spacial score (nSPS) is 11.4. The molecule has 0 saturated carbocycles. The van der Waals surface area contributed by atoms with Gasteiger partial charge in [-0.2, -0.15) is 0 Å². The van der Waals surface area contributed by atoms with Gasteiger partial charge in [0.05, 0.1) is 0 Å². The van der Waals surface area contributed by atoms with Gasteiger partial charge in [-0.25, -0.2) is 0 Å². The Hall–Kier alpha value is -2.16. The SMILES string of the molecule is CC(C)(c1cccc(N)c1)c1ccc(N)cc1N. The van der Waals surface area contributed by atoms with Crippen molar-refractivity contribution in [2.45, 2.75) is 19.3 Å². The Kier molecular flexibility index (Phi) is 2.91. The zero-order valence-corrected chi connectivity index (χ0v) is 10.8. The highest BCUT2D eigenvalue weighted by molar-refractivity contribution is 5.61. The summed E-state index contributed by atoms with van der Waals surface area (Å²) in [6.45, 7) is 4.26. The highest BCUT2D eigenvalue weighted by Gasteiger charge is 2.25. The molecule has 3 heteroatoms. The van der Waals surface area contributed by atoms with Crippen LogP contribution < -0.4 is 17.2 Å². The molecule has 0 atom stereocenters. The lowest BCUT2D eigenvalue weighted by molar-refractivity contribution is 0.644. The number of hydrogen-bond acceptors (Lipinski definition) is 3. The van der Waals surface area contributed by atoms with Crippen molar-refractivity contribution in [2.24, 2.45) is 0 Å². The summed E-state index contributed by atoms with van der Waals surface area (Å²) in [5, 5.41) is 0. The fourth-order valence-electron chi connectivity index (χ4n) is 2.23. The average molecular weight is 241 g/mol. The van der Waals surface area contributed by atoms with Crippen LogP contribution in [-0.2, 0) is 5.41 Å². The summed E-state index contributed by atoms with van der Waals surface area (Å²) in [5.41, 5.74) is 21.8. The van der Waals surface area contributed by atoms with Gasteiger partial charge in [0.2, 0.25) is 0 Å². The lowest BCUT2D eigenvalue weighted by Gasteiger charge is -2.28. The molecule has 0 saturated heterocycles. The number of nitrogen functional groups attached to an aromatic ring is 3. The van der Waals surface area contributed by atoms with E-state index in [0.717, 1.165) is 16.8 Å². The summed E-state index contributed by atoms with van der Waals surface area (Å²) in [6, 6.07) is 13.5. The molecule has 0 bridgehead atoms. The van der Waals surface area contributed by atoms with E-state index < -0.39 is 0 Å². The van der Waals surface area contributed by atoms with Gasteiger partial charge in [-0.05, 0) is 35.4 Å². The summed E-state index contributed by atoms with van der Waals surface area (Å²) in [5.74, 6) is 0. The van der Waals surface area contributed by atoms with Crippen LogP contribution in [0.15, 0.2) is 42.5 Å². The third kappa shape index (κ3) is 2.12. The highest BCUT2D eigenvalue weighted by atomic mass is 14.6. The van der Waals surface area contributed by atoms with Crippen LogP contribution in [0.4, 0.5) is 17.1 Å². The fraction of sp³-hybridized carbons (Fsp3) is 0.200. The first-order valence-corrected chi connectivity index (χ1v) is 5.93. The predicted molar refractivity (Wildman–Crippen MR) is 78.2 cm³/mol. The topological polar surface area (TPSA) is 78.1 Å². The zero-order valence-electron chi connectivity index (χ0n) is 10.8. The van der Waals surface area contributed by atoms with Crippen molar-refractivity contribution in [3.8, 4) is 0 Å². The molecule has 3 nitrogen and oxygen atoms in total. The summed E-state index contributed by atoms with van der Waals surface area (Å²) in [4.78, 5) is 0. The van der Waals surface area contributed by atoms with Gasteiger partial charge in [0, 0.05) is 22.5 Å². The Labute approximate surface area is 108 Å². The van der Waals surface area contributed by atoms with Crippen LogP contribution in [0, 0.1) is 0 Å². The number of rotatable bonds is 2. The number of benzene rings is 2. The van der Waals surface area contributed by atoms with Crippen molar-refractivity contribution < 1.29 is 0 Å². The van der Waals surface area contributed by atoms with Gasteiger partial charge in [-0.15, -0.1) is 0 Å². The minimum atomic E-state index is -0.201. The van der Waals surface area contributed by atoms with Crippen LogP contribution in [0.1, 0.15) is 25.0 Å². The monoisotopic (exact) mass is 241 g/mol. The molecule has 2 aromatic carbocycles. The standard InChI is InChI=1S/C15H19N3/c1-15(2,10-4-3-5-11(16)8-10)13-7-6-12(17)9-14(13)18/h3-9H,16-18H2,1-2H3. The molecule has 0 aliphatic rings. The van der Waals surface area contributed by atoms with Crippen molar-refractivity contribution in [2.75, 3.05) is 17.2 Å². The van der Waals surface area contributed by atoms with E-state index in [9.17, 15) is 0 Å². The third-order valence-electron chi connectivity index (χ3n) is 3.36. The number of hydrogen-bond donors (Lipinski definition) is 3. The van der Waals surface area contributed by atoms with Crippen LogP contribution >= 0.6 is 0 Å². The first kappa shape index (κ1) is 12.3. The van der Waals surface area contributed by atoms with Crippen molar-refractivity contribution >= 4 is 17.1 Å². The maximum atomic E-state index is 6.07. The molecule has 0 fully saturated rings. The summed E-state index contributed by atoms with van der Waals surface area (Å²) >= 11 is 0. The summed E-state index contributed by atoms with van der Waals surface area (Å²) in [6.07, 6.45) is 0. The number of nitrogens with two attached hydrogens (primary N) is 3. The molecule has 2 rings (SSSR count). The maximum Gasteiger partial charge on any atom is 0.0376 e. The molecule has 0 amide bonds. The minimum absolute atomic E-state index is 0.201. The first-order valence-electron chi connectivity index (χ1n) is 5.93. The Morgan fingerprint density at radius 3 is 2.11 bits per heavy atom. The van der Waals surface area contributed by atoms with Crippen molar-refractivity contribution in [3.63, 3.8) is 0 Å². The molecule has 0 unspecified atom stereocenters. The van der Waals surface area contributed by atoms with E-state index >= 15 is 0 Å². The van der Waals surface area contributed by atoms with Gasteiger partial charge in [0.15, 0.2) is 0 Å². The van der Waals surface area contributed by atoms with Crippen molar-refractivity contribution in [1.29, 1.82) is 0 Å². The quantitative estimate of drug-likeness (QED) is 0.707. The van der Waals surface area contributed by atoms with E-state index in [1.807, 2.05) is 30.3 Å². The molecular formula is C15H19N3. The molecule has 2 aromatic rings. The van der Waals surface area contributed by atoms with Crippen LogP contribution in [0.3, 0.4) is 0 Å². The zero-order chi connectivity index (χ0) is 13.3. The van der Waals surface area contributed by atoms with Gasteiger partial charge in [-0.1, -0.05) is 32.0 Å². The third-order valence-corrected chi connectivity index (χ3v) is 3.36. The van der Waals surface area contributed by atoms with Gasteiger partial charge >= 0.3 is 0 Å². The second-order valence-electron chi connectivity index (χ2n) is 5.10. The van der Waals surface area contributed by atoms with E-state index in [-0.39, 0.29) is 5.41 Å². The predicted octanol–water partition coefficient (Wildman–Crippen LogP) is 2.76. The van der Waals surface area contributed by atoms with Crippen LogP contribution in [0.25, 0.3) is 0 Å². The molecule has 0 aromatic heterocycles. The van der Waals surface area contributed by atoms with E-state index in [0.29, 0.717) is 11.4 Å². The van der Waals surface area contributed by atoms with E-state index in [1.54, 1.807) is 6.07 Å². The molecule has 0 spiro atoms. The maximum absolute atomic E-state index is 6.07. The summed E-state index contributed by atoms with van der Waals surface area (Å²) < 4.78 is 0. The van der Waals surface area contributed by atoms with E-state index in [4.69, 9.17) is 17.2 Å². The van der Waals surface area contributed by atoms with Gasteiger partial charge in [-0.3, -0.25) is 0 Å².